The van der Waals surface area contributed by atoms with Crippen LogP contribution in [-0.2, 0) is 4.74 Å². The third-order valence-corrected chi connectivity index (χ3v) is 3.69. The van der Waals surface area contributed by atoms with E-state index < -0.39 is 5.97 Å². The van der Waals surface area contributed by atoms with Crippen molar-refractivity contribution in [2.45, 2.75) is 46.1 Å². The van der Waals surface area contributed by atoms with Crippen LogP contribution < -0.4 is 10.6 Å². The standard InChI is InChI=1S/C16H25ClN2O2/c1-5-6-7-8-19(11(2)3)15-13(16(20)21-4)9-12(18)10-14(15)17/h9-11H,5-8,18H2,1-4H3. The van der Waals surface area contributed by atoms with Crippen LogP contribution in [0, 0.1) is 0 Å². The van der Waals surface area contributed by atoms with Crippen LogP contribution in [0.3, 0.4) is 0 Å². The van der Waals surface area contributed by atoms with E-state index in [1.807, 2.05) is 0 Å². The van der Waals surface area contributed by atoms with Gasteiger partial charge in [0, 0.05) is 18.3 Å². The second-order valence-corrected chi connectivity index (χ2v) is 5.79. The van der Waals surface area contributed by atoms with Crippen molar-refractivity contribution in [2.75, 3.05) is 24.3 Å². The number of esters is 1. The molecule has 0 radical (unpaired) electrons. The highest BCUT2D eigenvalue weighted by molar-refractivity contribution is 6.34. The highest BCUT2D eigenvalue weighted by Crippen LogP contribution is 2.34. The third kappa shape index (κ3) is 4.53. The van der Waals surface area contributed by atoms with Crippen LogP contribution in [0.2, 0.25) is 5.02 Å². The summed E-state index contributed by atoms with van der Waals surface area (Å²) in [6, 6.07) is 3.53. The molecule has 1 rings (SSSR count). The maximum Gasteiger partial charge on any atom is 0.340 e. The molecule has 4 nitrogen and oxygen atoms in total. The van der Waals surface area contributed by atoms with Crippen LogP contribution in [0.5, 0.6) is 0 Å². The first-order valence-corrected chi connectivity index (χ1v) is 7.74. The lowest BCUT2D eigenvalue weighted by atomic mass is 10.1. The number of hydrogen-bond donors (Lipinski definition) is 1. The summed E-state index contributed by atoms with van der Waals surface area (Å²) >= 11 is 6.36. The van der Waals surface area contributed by atoms with Gasteiger partial charge in [0.1, 0.15) is 0 Å². The summed E-state index contributed by atoms with van der Waals surface area (Å²) in [6.45, 7) is 7.17. The molecule has 0 saturated carbocycles. The van der Waals surface area contributed by atoms with Crippen molar-refractivity contribution >= 4 is 28.9 Å². The zero-order valence-electron chi connectivity index (χ0n) is 13.3. The van der Waals surface area contributed by atoms with Crippen molar-refractivity contribution in [3.8, 4) is 0 Å². The van der Waals surface area contributed by atoms with E-state index in [-0.39, 0.29) is 6.04 Å². The predicted molar refractivity (Wildman–Crippen MR) is 89.2 cm³/mol. The number of anilines is 2. The Hall–Kier alpha value is -1.42. The van der Waals surface area contributed by atoms with Gasteiger partial charge in [-0.25, -0.2) is 4.79 Å². The Kier molecular flexibility index (Phi) is 6.82. The van der Waals surface area contributed by atoms with Gasteiger partial charge < -0.3 is 15.4 Å². The largest absolute Gasteiger partial charge is 0.465 e. The van der Waals surface area contributed by atoms with Crippen LogP contribution in [0.25, 0.3) is 0 Å². The molecule has 21 heavy (non-hydrogen) atoms. The monoisotopic (exact) mass is 312 g/mol. The fourth-order valence-corrected chi connectivity index (χ4v) is 2.67. The van der Waals surface area contributed by atoms with E-state index in [1.54, 1.807) is 12.1 Å². The number of nitrogens with two attached hydrogens (primary N) is 1. The van der Waals surface area contributed by atoms with Crippen molar-refractivity contribution in [1.82, 2.24) is 0 Å². The van der Waals surface area contributed by atoms with Crippen LogP contribution in [-0.4, -0.2) is 25.7 Å². The molecule has 0 aliphatic heterocycles. The van der Waals surface area contributed by atoms with Gasteiger partial charge in [0.25, 0.3) is 0 Å². The predicted octanol–water partition coefficient (Wildman–Crippen LogP) is 4.11. The van der Waals surface area contributed by atoms with E-state index in [0.717, 1.165) is 25.8 Å². The molecule has 1 aromatic carbocycles. The van der Waals surface area contributed by atoms with E-state index in [4.69, 9.17) is 22.1 Å². The van der Waals surface area contributed by atoms with Crippen molar-refractivity contribution in [1.29, 1.82) is 0 Å². The van der Waals surface area contributed by atoms with Gasteiger partial charge in [0.2, 0.25) is 0 Å². The van der Waals surface area contributed by atoms with Crippen molar-refractivity contribution < 1.29 is 9.53 Å². The minimum absolute atomic E-state index is 0.228. The highest BCUT2D eigenvalue weighted by atomic mass is 35.5. The SMILES string of the molecule is CCCCCN(c1c(Cl)cc(N)cc1C(=O)OC)C(C)C. The molecule has 0 saturated heterocycles. The molecule has 0 aromatic heterocycles. The average Bonchev–Trinajstić information content (AvgIpc) is 2.43. The van der Waals surface area contributed by atoms with E-state index in [1.165, 1.54) is 7.11 Å². The summed E-state index contributed by atoms with van der Waals surface area (Å²) < 4.78 is 4.86. The Morgan fingerprint density at radius 3 is 2.57 bits per heavy atom. The fourth-order valence-electron chi connectivity index (χ4n) is 2.34. The summed E-state index contributed by atoms with van der Waals surface area (Å²) in [6.07, 6.45) is 3.34. The topological polar surface area (TPSA) is 55.6 Å². The van der Waals surface area contributed by atoms with Crippen molar-refractivity contribution in [3.05, 3.63) is 22.7 Å². The summed E-state index contributed by atoms with van der Waals surface area (Å²) in [4.78, 5) is 14.2. The molecule has 0 aliphatic carbocycles. The third-order valence-electron chi connectivity index (χ3n) is 3.40. The highest BCUT2D eigenvalue weighted by Gasteiger charge is 2.22. The molecular formula is C16H25ClN2O2. The molecule has 0 spiro atoms. The number of carbonyl (C=O) groups is 1. The van der Waals surface area contributed by atoms with Crippen LogP contribution in [0.15, 0.2) is 12.1 Å². The molecule has 0 heterocycles. The van der Waals surface area contributed by atoms with E-state index in [0.29, 0.717) is 22.0 Å². The molecule has 0 bridgehead atoms. The Morgan fingerprint density at radius 2 is 2.05 bits per heavy atom. The minimum atomic E-state index is -0.416. The number of benzene rings is 1. The molecule has 0 amide bonds. The first kappa shape index (κ1) is 17.6. The quantitative estimate of drug-likeness (QED) is 0.467. The average molecular weight is 313 g/mol. The van der Waals surface area contributed by atoms with Gasteiger partial charge in [0.15, 0.2) is 0 Å². The number of carbonyl (C=O) groups excluding carboxylic acids is 1. The zero-order valence-corrected chi connectivity index (χ0v) is 14.0. The van der Waals surface area contributed by atoms with Crippen LogP contribution >= 0.6 is 11.6 Å². The molecule has 5 heteroatoms. The smallest absolute Gasteiger partial charge is 0.340 e. The lowest BCUT2D eigenvalue weighted by molar-refractivity contribution is 0.0601. The molecule has 118 valence electrons. The van der Waals surface area contributed by atoms with Gasteiger partial charge in [0.05, 0.1) is 23.4 Å². The number of ether oxygens (including phenoxy) is 1. The molecule has 0 unspecified atom stereocenters. The lowest BCUT2D eigenvalue weighted by Crippen LogP contribution is -2.33. The normalized spacial score (nSPS) is 10.8. The van der Waals surface area contributed by atoms with Gasteiger partial charge in [-0.2, -0.15) is 0 Å². The summed E-state index contributed by atoms with van der Waals surface area (Å²) in [5.41, 5.74) is 7.40. The summed E-state index contributed by atoms with van der Waals surface area (Å²) in [7, 11) is 1.36. The van der Waals surface area contributed by atoms with Gasteiger partial charge in [-0.1, -0.05) is 31.4 Å². The first-order chi connectivity index (χ1) is 9.92. The number of halogens is 1. The number of nitrogen functional groups attached to an aromatic ring is 1. The minimum Gasteiger partial charge on any atom is -0.465 e. The first-order valence-electron chi connectivity index (χ1n) is 7.36. The van der Waals surface area contributed by atoms with Crippen molar-refractivity contribution in [2.24, 2.45) is 0 Å². The molecule has 2 N–H and O–H groups in total. The summed E-state index contributed by atoms with van der Waals surface area (Å²) in [5.74, 6) is -0.416. The van der Waals surface area contributed by atoms with Gasteiger partial charge >= 0.3 is 5.97 Å². The van der Waals surface area contributed by atoms with E-state index in [2.05, 4.69) is 25.7 Å². The van der Waals surface area contributed by atoms with E-state index >= 15 is 0 Å². The van der Waals surface area contributed by atoms with Gasteiger partial charge in [-0.3, -0.25) is 0 Å². The van der Waals surface area contributed by atoms with Crippen molar-refractivity contribution in [3.63, 3.8) is 0 Å². The molecule has 1 aromatic rings. The molecular weight excluding hydrogens is 288 g/mol. The fraction of sp³-hybridized carbons (Fsp3) is 0.562. The van der Waals surface area contributed by atoms with E-state index in [9.17, 15) is 4.79 Å². The van der Waals surface area contributed by atoms with Gasteiger partial charge in [-0.05, 0) is 32.4 Å². The second-order valence-electron chi connectivity index (χ2n) is 5.38. The number of methoxy groups -OCH3 is 1. The molecule has 0 aliphatic rings. The molecule has 0 fully saturated rings. The maximum atomic E-state index is 12.0. The Balaban J connectivity index is 3.25. The maximum absolute atomic E-state index is 12.0. The Morgan fingerprint density at radius 1 is 1.38 bits per heavy atom. The lowest BCUT2D eigenvalue weighted by Gasteiger charge is -2.31. The number of hydrogen-bond acceptors (Lipinski definition) is 4. The Labute approximate surface area is 132 Å². The Bertz CT molecular complexity index is 489. The zero-order chi connectivity index (χ0) is 16.0. The number of nitrogens with zero attached hydrogens (tertiary/aromatic N) is 1. The van der Waals surface area contributed by atoms with Crippen LogP contribution in [0.1, 0.15) is 50.4 Å². The number of unbranched alkanes of at least 4 members (excludes halogenated alkanes) is 2. The molecule has 0 atom stereocenters. The van der Waals surface area contributed by atoms with Crippen LogP contribution in [0.4, 0.5) is 11.4 Å². The van der Waals surface area contributed by atoms with Gasteiger partial charge in [-0.15, -0.1) is 0 Å². The second kappa shape index (κ2) is 8.13. The summed E-state index contributed by atoms with van der Waals surface area (Å²) in [5, 5.41) is 0.487. The number of rotatable bonds is 7.